The maximum absolute atomic E-state index is 10.3. The van der Waals surface area contributed by atoms with Crippen molar-refractivity contribution in [3.8, 4) is 11.5 Å². The van der Waals surface area contributed by atoms with Crippen molar-refractivity contribution in [1.29, 1.82) is 0 Å². The Morgan fingerprint density at radius 2 is 1.50 bits per heavy atom. The molecule has 0 radical (unpaired) electrons. The van der Waals surface area contributed by atoms with Crippen molar-refractivity contribution in [3.05, 3.63) is 59.7 Å². The zero-order chi connectivity index (χ0) is 14.6. The monoisotopic (exact) mass is 271 g/mol. The van der Waals surface area contributed by atoms with Gasteiger partial charge in [0.15, 0.2) is 0 Å². The van der Waals surface area contributed by atoms with Crippen molar-refractivity contribution in [1.82, 2.24) is 5.32 Å². The number of hydrogen-bond donors (Lipinski definition) is 2. The molecule has 1 atom stereocenters. The summed E-state index contributed by atoms with van der Waals surface area (Å²) in [5.74, 6) is 1.57. The number of aryl methyl sites for hydroxylation is 1. The number of rotatable bonds is 5. The Hall–Kier alpha value is -1.84. The second-order valence-corrected chi connectivity index (χ2v) is 5.24. The molecule has 0 amide bonds. The maximum Gasteiger partial charge on any atom is 0.127 e. The van der Waals surface area contributed by atoms with Crippen molar-refractivity contribution in [2.45, 2.75) is 19.4 Å². The maximum atomic E-state index is 10.3. The summed E-state index contributed by atoms with van der Waals surface area (Å²) in [6, 6.07) is 15.4. The van der Waals surface area contributed by atoms with Gasteiger partial charge in [0, 0.05) is 6.54 Å². The molecular weight excluding hydrogens is 250 g/mol. The summed E-state index contributed by atoms with van der Waals surface area (Å²) in [4.78, 5) is 0. The summed E-state index contributed by atoms with van der Waals surface area (Å²) >= 11 is 0. The molecule has 0 aliphatic carbocycles. The summed E-state index contributed by atoms with van der Waals surface area (Å²) in [5.41, 5.74) is 1.19. The summed E-state index contributed by atoms with van der Waals surface area (Å²) in [6.07, 6.45) is 0. The number of likely N-dealkylation sites (N-methyl/N-ethyl adjacent to an activating group) is 1. The lowest BCUT2D eigenvalue weighted by atomic mass is 9.96. The lowest BCUT2D eigenvalue weighted by molar-refractivity contribution is 0.0591. The number of ether oxygens (including phenoxy) is 1. The molecule has 20 heavy (non-hydrogen) atoms. The molecule has 106 valence electrons. The molecule has 0 bridgehead atoms. The van der Waals surface area contributed by atoms with Gasteiger partial charge in [0.05, 0.1) is 5.60 Å². The molecule has 1 unspecified atom stereocenters. The van der Waals surface area contributed by atoms with E-state index in [-0.39, 0.29) is 0 Å². The first kappa shape index (κ1) is 14.6. The van der Waals surface area contributed by atoms with E-state index in [2.05, 4.69) is 5.32 Å². The van der Waals surface area contributed by atoms with Gasteiger partial charge in [0.1, 0.15) is 11.5 Å². The van der Waals surface area contributed by atoms with Crippen LogP contribution in [0.4, 0.5) is 0 Å². The van der Waals surface area contributed by atoms with Gasteiger partial charge in [-0.05, 0) is 50.7 Å². The first-order valence-electron chi connectivity index (χ1n) is 6.73. The van der Waals surface area contributed by atoms with Gasteiger partial charge < -0.3 is 15.2 Å². The van der Waals surface area contributed by atoms with Gasteiger partial charge in [-0.25, -0.2) is 0 Å². The van der Waals surface area contributed by atoms with Crippen LogP contribution in [-0.2, 0) is 5.60 Å². The van der Waals surface area contributed by atoms with Crippen LogP contribution >= 0.6 is 0 Å². The van der Waals surface area contributed by atoms with Crippen molar-refractivity contribution in [3.63, 3.8) is 0 Å². The minimum Gasteiger partial charge on any atom is -0.457 e. The fourth-order valence-electron chi connectivity index (χ4n) is 2.07. The normalized spacial score (nSPS) is 13.8. The molecule has 0 spiro atoms. The topological polar surface area (TPSA) is 41.5 Å². The van der Waals surface area contributed by atoms with Crippen LogP contribution in [0.2, 0.25) is 0 Å². The molecular formula is C17H21NO2. The zero-order valence-corrected chi connectivity index (χ0v) is 12.2. The standard InChI is InChI=1S/C17H21NO2/c1-13-4-8-15(9-5-13)20-16-10-6-14(7-11-16)17(2,19)12-18-3/h4-11,18-19H,12H2,1-3H3. The summed E-state index contributed by atoms with van der Waals surface area (Å²) < 4.78 is 5.76. The Bertz CT molecular complexity index is 544. The molecule has 0 saturated carbocycles. The highest BCUT2D eigenvalue weighted by atomic mass is 16.5. The van der Waals surface area contributed by atoms with Crippen LogP contribution in [0.5, 0.6) is 11.5 Å². The smallest absolute Gasteiger partial charge is 0.127 e. The first-order valence-corrected chi connectivity index (χ1v) is 6.73. The van der Waals surface area contributed by atoms with E-state index in [9.17, 15) is 5.11 Å². The molecule has 2 aromatic rings. The summed E-state index contributed by atoms with van der Waals surface area (Å²) in [7, 11) is 1.82. The average Bonchev–Trinajstić information content (AvgIpc) is 2.42. The average molecular weight is 271 g/mol. The van der Waals surface area contributed by atoms with E-state index in [1.807, 2.05) is 62.5 Å². The number of aliphatic hydroxyl groups is 1. The van der Waals surface area contributed by atoms with Crippen molar-refractivity contribution in [2.75, 3.05) is 13.6 Å². The molecule has 0 fully saturated rings. The SMILES string of the molecule is CNCC(C)(O)c1ccc(Oc2ccc(C)cc2)cc1. The minimum absolute atomic E-state index is 0.505. The van der Waals surface area contributed by atoms with E-state index in [0.717, 1.165) is 17.1 Å². The van der Waals surface area contributed by atoms with Crippen molar-refractivity contribution < 1.29 is 9.84 Å². The van der Waals surface area contributed by atoms with Gasteiger partial charge >= 0.3 is 0 Å². The number of benzene rings is 2. The highest BCUT2D eigenvalue weighted by Gasteiger charge is 2.21. The first-order chi connectivity index (χ1) is 9.51. The highest BCUT2D eigenvalue weighted by Crippen LogP contribution is 2.25. The predicted octanol–water partition coefficient (Wildman–Crippen LogP) is 3.21. The zero-order valence-electron chi connectivity index (χ0n) is 12.2. The Kier molecular flexibility index (Phi) is 4.42. The molecule has 2 N–H and O–H groups in total. The van der Waals surface area contributed by atoms with Crippen LogP contribution in [0.25, 0.3) is 0 Å². The van der Waals surface area contributed by atoms with Crippen LogP contribution < -0.4 is 10.1 Å². The van der Waals surface area contributed by atoms with E-state index in [0.29, 0.717) is 6.54 Å². The highest BCUT2D eigenvalue weighted by molar-refractivity contribution is 5.35. The Balaban J connectivity index is 2.10. The number of nitrogens with one attached hydrogen (secondary N) is 1. The molecule has 0 saturated heterocycles. The van der Waals surface area contributed by atoms with Gasteiger partial charge in [-0.1, -0.05) is 29.8 Å². The Labute approximate surface area is 120 Å². The minimum atomic E-state index is -0.878. The summed E-state index contributed by atoms with van der Waals surface area (Å²) in [6.45, 7) is 4.34. The van der Waals surface area contributed by atoms with Crippen LogP contribution in [-0.4, -0.2) is 18.7 Å². The van der Waals surface area contributed by atoms with Gasteiger partial charge in [-0.3, -0.25) is 0 Å². The van der Waals surface area contributed by atoms with E-state index >= 15 is 0 Å². The second-order valence-electron chi connectivity index (χ2n) is 5.24. The third-order valence-electron chi connectivity index (χ3n) is 3.25. The molecule has 0 aromatic heterocycles. The van der Waals surface area contributed by atoms with Crippen LogP contribution in [0.15, 0.2) is 48.5 Å². The van der Waals surface area contributed by atoms with E-state index < -0.39 is 5.60 Å². The number of hydrogen-bond acceptors (Lipinski definition) is 3. The van der Waals surface area contributed by atoms with Crippen molar-refractivity contribution in [2.24, 2.45) is 0 Å². The molecule has 3 heteroatoms. The lowest BCUT2D eigenvalue weighted by Gasteiger charge is -2.23. The van der Waals surface area contributed by atoms with Crippen molar-refractivity contribution >= 4 is 0 Å². The van der Waals surface area contributed by atoms with Crippen LogP contribution in [0.1, 0.15) is 18.1 Å². The quantitative estimate of drug-likeness (QED) is 0.877. The molecule has 2 aromatic carbocycles. The second kappa shape index (κ2) is 6.07. The van der Waals surface area contributed by atoms with E-state index in [1.54, 1.807) is 6.92 Å². The van der Waals surface area contributed by atoms with Gasteiger partial charge in [0.25, 0.3) is 0 Å². The van der Waals surface area contributed by atoms with Gasteiger partial charge in [0.2, 0.25) is 0 Å². The van der Waals surface area contributed by atoms with Gasteiger partial charge in [-0.15, -0.1) is 0 Å². The Morgan fingerprint density at radius 1 is 1.00 bits per heavy atom. The lowest BCUT2D eigenvalue weighted by Crippen LogP contribution is -2.33. The fraction of sp³-hybridized carbons (Fsp3) is 0.294. The third kappa shape index (κ3) is 3.59. The molecule has 3 nitrogen and oxygen atoms in total. The third-order valence-corrected chi connectivity index (χ3v) is 3.25. The molecule has 0 heterocycles. The summed E-state index contributed by atoms with van der Waals surface area (Å²) in [5, 5.41) is 13.3. The fourth-order valence-corrected chi connectivity index (χ4v) is 2.07. The van der Waals surface area contributed by atoms with Crippen LogP contribution in [0, 0.1) is 6.92 Å². The molecule has 0 aliphatic rings. The Morgan fingerprint density at radius 3 is 2.00 bits per heavy atom. The van der Waals surface area contributed by atoms with E-state index in [1.165, 1.54) is 5.56 Å². The van der Waals surface area contributed by atoms with E-state index in [4.69, 9.17) is 4.74 Å². The largest absolute Gasteiger partial charge is 0.457 e. The van der Waals surface area contributed by atoms with Gasteiger partial charge in [-0.2, -0.15) is 0 Å². The van der Waals surface area contributed by atoms with Crippen LogP contribution in [0.3, 0.4) is 0 Å². The molecule has 2 rings (SSSR count). The molecule has 0 aliphatic heterocycles. The predicted molar refractivity (Wildman–Crippen MR) is 81.2 cm³/mol.